The molecule has 1 aromatic rings. The first-order valence-corrected chi connectivity index (χ1v) is 7.75. The number of hydrogen-bond acceptors (Lipinski definition) is 4. The summed E-state index contributed by atoms with van der Waals surface area (Å²) in [6, 6.07) is 6.60. The third kappa shape index (κ3) is 4.70. The van der Waals surface area contributed by atoms with Crippen LogP contribution in [0.4, 0.5) is 0 Å². The predicted molar refractivity (Wildman–Crippen MR) is 83.7 cm³/mol. The van der Waals surface area contributed by atoms with Gasteiger partial charge in [0.2, 0.25) is 0 Å². The highest BCUT2D eigenvalue weighted by Crippen LogP contribution is 2.24. The van der Waals surface area contributed by atoms with Gasteiger partial charge in [-0.3, -0.25) is 0 Å². The molecule has 0 bridgehead atoms. The van der Waals surface area contributed by atoms with Gasteiger partial charge in [-0.2, -0.15) is 0 Å². The zero-order valence-electron chi connectivity index (χ0n) is 13.4. The van der Waals surface area contributed by atoms with Crippen LogP contribution in [0.3, 0.4) is 0 Å². The van der Waals surface area contributed by atoms with Gasteiger partial charge in [-0.05, 0) is 50.4 Å². The van der Waals surface area contributed by atoms with Crippen molar-refractivity contribution in [3.05, 3.63) is 29.3 Å². The number of benzene rings is 1. The molecule has 1 aliphatic rings. The molecule has 0 amide bonds. The van der Waals surface area contributed by atoms with Crippen LogP contribution in [0, 0.1) is 0 Å². The molecule has 1 N–H and O–H groups in total. The van der Waals surface area contributed by atoms with Crippen molar-refractivity contribution in [1.29, 1.82) is 0 Å². The predicted octanol–water partition coefficient (Wildman–Crippen LogP) is 3.06. The normalized spacial score (nSPS) is 19.7. The first-order valence-electron chi connectivity index (χ1n) is 7.75. The summed E-state index contributed by atoms with van der Waals surface area (Å²) < 4.78 is 16.2. The maximum atomic E-state index is 5.65. The highest BCUT2D eigenvalue weighted by Gasteiger charge is 2.15. The highest BCUT2D eigenvalue weighted by molar-refractivity contribution is 5.38. The standard InChI is InChI=1S/C17H27NO3/c1-13(18-9-8-16-5-4-10-21-16)14-6-7-17(20-3)15(11-14)12-19-2/h6-7,11,13,16,18H,4-5,8-10,12H2,1-3H3. The molecule has 0 radical (unpaired) electrons. The first-order chi connectivity index (χ1) is 10.2. The Morgan fingerprint density at radius 1 is 1.38 bits per heavy atom. The largest absolute Gasteiger partial charge is 0.496 e. The summed E-state index contributed by atoms with van der Waals surface area (Å²) in [4.78, 5) is 0. The molecule has 1 fully saturated rings. The lowest BCUT2D eigenvalue weighted by Crippen LogP contribution is -2.23. The van der Waals surface area contributed by atoms with Crippen molar-refractivity contribution in [3.63, 3.8) is 0 Å². The van der Waals surface area contributed by atoms with Gasteiger partial charge in [0.25, 0.3) is 0 Å². The van der Waals surface area contributed by atoms with Gasteiger partial charge in [-0.25, -0.2) is 0 Å². The van der Waals surface area contributed by atoms with Crippen LogP contribution >= 0.6 is 0 Å². The average Bonchev–Trinajstić information content (AvgIpc) is 3.00. The minimum absolute atomic E-state index is 0.313. The molecule has 4 heteroatoms. The van der Waals surface area contributed by atoms with Crippen molar-refractivity contribution in [1.82, 2.24) is 5.32 Å². The Kier molecular flexibility index (Phi) is 6.49. The van der Waals surface area contributed by atoms with Gasteiger partial charge >= 0.3 is 0 Å². The van der Waals surface area contributed by atoms with Crippen molar-refractivity contribution < 1.29 is 14.2 Å². The number of methoxy groups -OCH3 is 2. The zero-order valence-corrected chi connectivity index (χ0v) is 13.4. The Hall–Kier alpha value is -1.10. The second-order valence-electron chi connectivity index (χ2n) is 5.60. The molecule has 118 valence electrons. The highest BCUT2D eigenvalue weighted by atomic mass is 16.5. The van der Waals surface area contributed by atoms with Crippen LogP contribution in [0.15, 0.2) is 18.2 Å². The molecule has 1 saturated heterocycles. The minimum Gasteiger partial charge on any atom is -0.496 e. The molecule has 4 nitrogen and oxygen atoms in total. The Bertz CT molecular complexity index is 430. The van der Waals surface area contributed by atoms with Crippen LogP contribution in [0.1, 0.15) is 43.4 Å². The molecule has 1 aromatic carbocycles. The molecule has 0 saturated carbocycles. The first kappa shape index (κ1) is 16.3. The van der Waals surface area contributed by atoms with Gasteiger partial charge in [0.05, 0.1) is 19.8 Å². The van der Waals surface area contributed by atoms with Crippen molar-refractivity contribution in [2.75, 3.05) is 27.4 Å². The number of ether oxygens (including phenoxy) is 3. The number of rotatable bonds is 8. The number of hydrogen-bond donors (Lipinski definition) is 1. The van der Waals surface area contributed by atoms with E-state index in [9.17, 15) is 0 Å². The molecule has 1 heterocycles. The van der Waals surface area contributed by atoms with Gasteiger partial charge in [-0.15, -0.1) is 0 Å². The van der Waals surface area contributed by atoms with Crippen LogP contribution in [0.25, 0.3) is 0 Å². The van der Waals surface area contributed by atoms with Crippen LogP contribution < -0.4 is 10.1 Å². The summed E-state index contributed by atoms with van der Waals surface area (Å²) in [6.45, 7) is 4.67. The van der Waals surface area contributed by atoms with Gasteiger partial charge in [0.15, 0.2) is 0 Å². The maximum absolute atomic E-state index is 5.65. The smallest absolute Gasteiger partial charge is 0.124 e. The Labute approximate surface area is 127 Å². The third-order valence-corrected chi connectivity index (χ3v) is 4.05. The fourth-order valence-electron chi connectivity index (χ4n) is 2.79. The van der Waals surface area contributed by atoms with Crippen molar-refractivity contribution in [2.24, 2.45) is 0 Å². The van der Waals surface area contributed by atoms with E-state index in [2.05, 4.69) is 24.4 Å². The number of nitrogens with one attached hydrogen (secondary N) is 1. The van der Waals surface area contributed by atoms with Gasteiger partial charge < -0.3 is 19.5 Å². The van der Waals surface area contributed by atoms with Crippen molar-refractivity contribution in [3.8, 4) is 5.75 Å². The van der Waals surface area contributed by atoms with Crippen LogP contribution in [0.5, 0.6) is 5.75 Å². The van der Waals surface area contributed by atoms with Crippen LogP contribution in [-0.4, -0.2) is 33.5 Å². The van der Waals surface area contributed by atoms with E-state index in [-0.39, 0.29) is 0 Å². The van der Waals surface area contributed by atoms with E-state index >= 15 is 0 Å². The lowest BCUT2D eigenvalue weighted by molar-refractivity contribution is 0.103. The molecule has 0 aliphatic carbocycles. The molecule has 1 aliphatic heterocycles. The monoisotopic (exact) mass is 293 g/mol. The summed E-state index contributed by atoms with van der Waals surface area (Å²) in [5, 5.41) is 3.57. The lowest BCUT2D eigenvalue weighted by Gasteiger charge is -2.18. The maximum Gasteiger partial charge on any atom is 0.124 e. The topological polar surface area (TPSA) is 39.7 Å². The van der Waals surface area contributed by atoms with Crippen molar-refractivity contribution >= 4 is 0 Å². The summed E-state index contributed by atoms with van der Waals surface area (Å²) in [7, 11) is 3.40. The van der Waals surface area contributed by atoms with E-state index in [4.69, 9.17) is 14.2 Å². The second kappa shape index (κ2) is 8.37. The molecular weight excluding hydrogens is 266 g/mol. The summed E-state index contributed by atoms with van der Waals surface area (Å²) >= 11 is 0. The quantitative estimate of drug-likeness (QED) is 0.799. The van der Waals surface area contributed by atoms with E-state index in [1.54, 1.807) is 14.2 Å². The molecule has 21 heavy (non-hydrogen) atoms. The fourth-order valence-corrected chi connectivity index (χ4v) is 2.79. The van der Waals surface area contributed by atoms with Crippen molar-refractivity contribution in [2.45, 2.75) is 44.9 Å². The van der Waals surface area contributed by atoms with Gasteiger partial charge in [0, 0.05) is 25.3 Å². The molecule has 2 unspecified atom stereocenters. The average molecular weight is 293 g/mol. The fraction of sp³-hybridized carbons (Fsp3) is 0.647. The molecule has 2 rings (SSSR count). The second-order valence-corrected chi connectivity index (χ2v) is 5.60. The van der Waals surface area contributed by atoms with Gasteiger partial charge in [-0.1, -0.05) is 6.07 Å². The Morgan fingerprint density at radius 2 is 2.24 bits per heavy atom. The molecule has 0 aromatic heterocycles. The minimum atomic E-state index is 0.313. The summed E-state index contributed by atoms with van der Waals surface area (Å²) in [5.41, 5.74) is 2.35. The molecule has 0 spiro atoms. The molecule has 2 atom stereocenters. The Morgan fingerprint density at radius 3 is 2.90 bits per heavy atom. The zero-order chi connectivity index (χ0) is 15.1. The lowest BCUT2D eigenvalue weighted by atomic mass is 10.0. The Balaban J connectivity index is 1.88. The third-order valence-electron chi connectivity index (χ3n) is 4.05. The summed E-state index contributed by atoms with van der Waals surface area (Å²) in [6.07, 6.45) is 3.95. The van der Waals surface area contributed by atoms with E-state index in [0.717, 1.165) is 30.9 Å². The van der Waals surface area contributed by atoms with Crippen LogP contribution in [-0.2, 0) is 16.1 Å². The van der Waals surface area contributed by atoms with Gasteiger partial charge in [0.1, 0.15) is 5.75 Å². The van der Waals surface area contributed by atoms with E-state index < -0.39 is 0 Å². The van der Waals surface area contributed by atoms with E-state index in [0.29, 0.717) is 18.8 Å². The summed E-state index contributed by atoms with van der Waals surface area (Å²) in [5.74, 6) is 0.882. The van der Waals surface area contributed by atoms with Crippen LogP contribution in [0.2, 0.25) is 0 Å². The molecular formula is C17H27NO3. The van der Waals surface area contributed by atoms with E-state index in [1.165, 1.54) is 18.4 Å². The van der Waals surface area contributed by atoms with E-state index in [1.807, 2.05) is 6.07 Å². The SMILES string of the molecule is COCc1cc(C(C)NCCC2CCCO2)ccc1OC.